The summed E-state index contributed by atoms with van der Waals surface area (Å²) in [6.07, 6.45) is 0.208. The number of esters is 1. The third kappa shape index (κ3) is 5.62. The van der Waals surface area contributed by atoms with E-state index in [-0.39, 0.29) is 22.8 Å². The fourth-order valence-electron chi connectivity index (χ4n) is 3.00. The Kier molecular flexibility index (Phi) is 7.30. The number of phenols is 1. The van der Waals surface area contributed by atoms with E-state index in [4.69, 9.17) is 16.3 Å². The number of phenolic OH excluding ortho intramolecular Hbond substituents is 1. The number of rotatable bonds is 6. The van der Waals surface area contributed by atoms with Gasteiger partial charge < -0.3 is 15.2 Å². The van der Waals surface area contributed by atoms with Gasteiger partial charge in [-0.05, 0) is 53.1 Å². The predicted molar refractivity (Wildman–Crippen MR) is 120 cm³/mol. The minimum Gasteiger partial charge on any atom is -0.507 e. The third-order valence-electron chi connectivity index (χ3n) is 4.64. The van der Waals surface area contributed by atoms with E-state index in [2.05, 4.69) is 21.2 Å². The van der Waals surface area contributed by atoms with Crippen molar-refractivity contribution in [3.05, 3.63) is 87.1 Å². The van der Waals surface area contributed by atoms with Crippen LogP contribution in [0.1, 0.15) is 15.9 Å². The van der Waals surface area contributed by atoms with Gasteiger partial charge in [0.05, 0.1) is 17.7 Å². The van der Waals surface area contributed by atoms with E-state index >= 15 is 0 Å². The first-order valence-electron chi connectivity index (χ1n) is 9.20. The summed E-state index contributed by atoms with van der Waals surface area (Å²) in [6, 6.07) is 14.9. The van der Waals surface area contributed by atoms with Gasteiger partial charge in [0.1, 0.15) is 17.6 Å². The highest BCUT2D eigenvalue weighted by molar-refractivity contribution is 9.10. The lowest BCUT2D eigenvalue weighted by atomic mass is 10.0. The molecule has 0 heterocycles. The summed E-state index contributed by atoms with van der Waals surface area (Å²) in [4.78, 5) is 25.1. The summed E-state index contributed by atoms with van der Waals surface area (Å²) >= 11 is 9.19. The van der Waals surface area contributed by atoms with E-state index in [0.717, 1.165) is 10.0 Å². The third-order valence-corrected chi connectivity index (χ3v) is 5.46. The molecule has 0 radical (unpaired) electrons. The Balaban J connectivity index is 1.86. The van der Waals surface area contributed by atoms with Gasteiger partial charge in [-0.25, -0.2) is 9.18 Å². The fourth-order valence-corrected chi connectivity index (χ4v) is 3.45. The van der Waals surface area contributed by atoms with Crippen LogP contribution in [0.4, 0.5) is 4.39 Å². The fraction of sp³-hybridized carbons (Fsp3) is 0.130. The Morgan fingerprint density at radius 2 is 1.74 bits per heavy atom. The number of ether oxygens (including phenoxy) is 1. The molecule has 160 valence electrons. The molecule has 1 amide bonds. The van der Waals surface area contributed by atoms with Gasteiger partial charge in [0, 0.05) is 10.9 Å². The summed E-state index contributed by atoms with van der Waals surface area (Å²) < 4.78 is 19.2. The molecule has 0 bridgehead atoms. The lowest BCUT2D eigenvalue weighted by Crippen LogP contribution is -2.43. The Hall–Kier alpha value is -2.90. The first-order valence-corrected chi connectivity index (χ1v) is 10.4. The largest absolute Gasteiger partial charge is 0.507 e. The highest BCUT2D eigenvalue weighted by Gasteiger charge is 2.24. The molecule has 0 spiro atoms. The predicted octanol–water partition coefficient (Wildman–Crippen LogP) is 5.13. The van der Waals surface area contributed by atoms with Gasteiger partial charge in [0.15, 0.2) is 0 Å². The highest BCUT2D eigenvalue weighted by atomic mass is 79.9. The molecule has 0 fully saturated rings. The normalized spacial score (nSPS) is 11.6. The average Bonchev–Trinajstić information content (AvgIpc) is 2.76. The number of hydrogen-bond donors (Lipinski definition) is 2. The average molecular weight is 507 g/mol. The van der Waals surface area contributed by atoms with Crippen molar-refractivity contribution in [3.8, 4) is 16.9 Å². The van der Waals surface area contributed by atoms with E-state index in [1.165, 1.54) is 37.4 Å². The Labute approximate surface area is 191 Å². The number of halogens is 3. The maximum atomic E-state index is 13.5. The number of nitrogens with one attached hydrogen (secondary N) is 1. The van der Waals surface area contributed by atoms with E-state index in [1.54, 1.807) is 6.07 Å². The standard InChI is InChI=1S/C23H18BrClFNO4/c1-31-23(30)20(10-13-2-6-16(24)7-3-13)27-22(29)17-11-14(5-9-21(17)28)15-4-8-19(26)18(25)12-15/h2-9,11-12,20,28H,10H2,1H3,(H,27,29). The van der Waals surface area contributed by atoms with Crippen molar-refractivity contribution >= 4 is 39.4 Å². The maximum Gasteiger partial charge on any atom is 0.328 e. The molecule has 8 heteroatoms. The molecule has 2 N–H and O–H groups in total. The Morgan fingerprint density at radius 1 is 1.10 bits per heavy atom. The van der Waals surface area contributed by atoms with E-state index < -0.39 is 23.7 Å². The van der Waals surface area contributed by atoms with Crippen molar-refractivity contribution in [3.63, 3.8) is 0 Å². The topological polar surface area (TPSA) is 75.6 Å². The molecule has 0 aromatic heterocycles. The maximum absolute atomic E-state index is 13.5. The van der Waals surface area contributed by atoms with E-state index in [0.29, 0.717) is 11.1 Å². The van der Waals surface area contributed by atoms with E-state index in [9.17, 15) is 19.1 Å². The summed E-state index contributed by atoms with van der Waals surface area (Å²) in [5.74, 6) is -2.09. The second-order valence-electron chi connectivity index (χ2n) is 6.74. The molecule has 5 nitrogen and oxygen atoms in total. The van der Waals surface area contributed by atoms with Crippen LogP contribution in [0.2, 0.25) is 5.02 Å². The molecule has 0 saturated heterocycles. The first-order chi connectivity index (χ1) is 14.8. The summed E-state index contributed by atoms with van der Waals surface area (Å²) in [5, 5.41) is 12.8. The molecular weight excluding hydrogens is 489 g/mol. The lowest BCUT2D eigenvalue weighted by molar-refractivity contribution is -0.142. The molecule has 3 aromatic rings. The minimum absolute atomic E-state index is 0.0392. The van der Waals surface area contributed by atoms with Crippen LogP contribution in [0.5, 0.6) is 5.75 Å². The van der Waals surface area contributed by atoms with Crippen LogP contribution < -0.4 is 5.32 Å². The second-order valence-corrected chi connectivity index (χ2v) is 8.06. The molecule has 3 rings (SSSR count). The van der Waals surface area contributed by atoms with Gasteiger partial charge in [-0.2, -0.15) is 0 Å². The van der Waals surface area contributed by atoms with Gasteiger partial charge in [0.2, 0.25) is 0 Å². The number of carbonyl (C=O) groups excluding carboxylic acids is 2. The monoisotopic (exact) mass is 505 g/mol. The van der Waals surface area contributed by atoms with Gasteiger partial charge in [-0.1, -0.05) is 51.8 Å². The van der Waals surface area contributed by atoms with Crippen molar-refractivity contribution < 1.29 is 23.8 Å². The van der Waals surface area contributed by atoms with Crippen LogP contribution in [0.3, 0.4) is 0 Å². The Bertz CT molecular complexity index is 1120. The van der Waals surface area contributed by atoms with Crippen LogP contribution in [-0.2, 0) is 16.0 Å². The van der Waals surface area contributed by atoms with Crippen molar-refractivity contribution in [2.24, 2.45) is 0 Å². The molecule has 0 aliphatic heterocycles. The van der Waals surface area contributed by atoms with Crippen molar-refractivity contribution in [1.29, 1.82) is 0 Å². The summed E-state index contributed by atoms with van der Waals surface area (Å²) in [5.41, 5.74) is 1.90. The number of aromatic hydroxyl groups is 1. The quantitative estimate of drug-likeness (QED) is 0.455. The van der Waals surface area contributed by atoms with Gasteiger partial charge in [-0.15, -0.1) is 0 Å². The number of benzene rings is 3. The lowest BCUT2D eigenvalue weighted by Gasteiger charge is -2.17. The summed E-state index contributed by atoms with van der Waals surface area (Å²) in [7, 11) is 1.24. The van der Waals surface area contributed by atoms with Gasteiger partial charge in [0.25, 0.3) is 5.91 Å². The van der Waals surface area contributed by atoms with Crippen LogP contribution in [0.15, 0.2) is 65.1 Å². The number of carbonyl (C=O) groups is 2. The minimum atomic E-state index is -0.956. The zero-order valence-corrected chi connectivity index (χ0v) is 18.7. The summed E-state index contributed by atoms with van der Waals surface area (Å²) in [6.45, 7) is 0. The van der Waals surface area contributed by atoms with Crippen LogP contribution in [0.25, 0.3) is 11.1 Å². The highest BCUT2D eigenvalue weighted by Crippen LogP contribution is 2.29. The van der Waals surface area contributed by atoms with Crippen molar-refractivity contribution in [2.45, 2.75) is 12.5 Å². The van der Waals surface area contributed by atoms with Crippen LogP contribution in [-0.4, -0.2) is 30.1 Å². The van der Waals surface area contributed by atoms with Crippen LogP contribution >= 0.6 is 27.5 Å². The molecule has 1 atom stereocenters. The molecule has 0 aliphatic rings. The van der Waals surface area contributed by atoms with Crippen molar-refractivity contribution in [2.75, 3.05) is 7.11 Å². The molecule has 31 heavy (non-hydrogen) atoms. The zero-order chi connectivity index (χ0) is 22.5. The van der Waals surface area contributed by atoms with Gasteiger partial charge in [-0.3, -0.25) is 4.79 Å². The molecule has 3 aromatic carbocycles. The van der Waals surface area contributed by atoms with Gasteiger partial charge >= 0.3 is 5.97 Å². The smallest absolute Gasteiger partial charge is 0.328 e. The number of methoxy groups -OCH3 is 1. The zero-order valence-electron chi connectivity index (χ0n) is 16.4. The number of amides is 1. The first kappa shape index (κ1) is 22.8. The van der Waals surface area contributed by atoms with E-state index in [1.807, 2.05) is 24.3 Å². The molecular formula is C23H18BrClFNO4. The Morgan fingerprint density at radius 3 is 2.39 bits per heavy atom. The molecule has 0 saturated carbocycles. The van der Waals surface area contributed by atoms with Crippen LogP contribution in [0, 0.1) is 5.82 Å². The van der Waals surface area contributed by atoms with Crippen molar-refractivity contribution in [1.82, 2.24) is 5.32 Å². The molecule has 0 aliphatic carbocycles. The number of hydrogen-bond acceptors (Lipinski definition) is 4. The molecule has 1 unspecified atom stereocenters. The second kappa shape index (κ2) is 9.94. The SMILES string of the molecule is COC(=O)C(Cc1ccc(Br)cc1)NC(=O)c1cc(-c2ccc(F)c(Cl)c2)ccc1O.